The first-order valence-corrected chi connectivity index (χ1v) is 6.62. The monoisotopic (exact) mass is 278 g/mol. The minimum absolute atomic E-state index is 0.0428. The Balaban J connectivity index is 2.16. The first kappa shape index (κ1) is 14.2. The second-order valence-corrected chi connectivity index (χ2v) is 5.13. The van der Waals surface area contributed by atoms with Crippen LogP contribution in [0.4, 0.5) is 11.5 Å². The Morgan fingerprint density at radius 2 is 2.25 bits per heavy atom. The lowest BCUT2D eigenvalue weighted by Gasteiger charge is -2.13. The van der Waals surface area contributed by atoms with Gasteiger partial charge in [0.05, 0.1) is 4.92 Å². The highest BCUT2D eigenvalue weighted by Gasteiger charge is 2.40. The van der Waals surface area contributed by atoms with Gasteiger partial charge in [-0.1, -0.05) is 6.92 Å². The van der Waals surface area contributed by atoms with Crippen LogP contribution in [-0.4, -0.2) is 29.4 Å². The van der Waals surface area contributed by atoms with Crippen molar-refractivity contribution in [3.8, 4) is 0 Å². The second kappa shape index (κ2) is 5.44. The molecule has 0 unspecified atom stereocenters. The number of carbonyl (C=O) groups excluding carboxylic acids is 1. The smallest absolute Gasteiger partial charge is 0.300 e. The Morgan fingerprint density at radius 3 is 2.75 bits per heavy atom. The first-order valence-electron chi connectivity index (χ1n) is 6.62. The van der Waals surface area contributed by atoms with Crippen LogP contribution in [0, 0.1) is 15.5 Å². The average Bonchev–Trinajstić information content (AvgIpc) is 3.24. The molecule has 0 bridgehead atoms. The van der Waals surface area contributed by atoms with Gasteiger partial charge in [-0.05, 0) is 24.7 Å². The van der Waals surface area contributed by atoms with Crippen molar-refractivity contribution in [1.29, 1.82) is 0 Å². The van der Waals surface area contributed by atoms with E-state index in [-0.39, 0.29) is 16.7 Å². The van der Waals surface area contributed by atoms with E-state index in [9.17, 15) is 14.9 Å². The molecule has 1 amide bonds. The Labute approximate surface area is 116 Å². The zero-order valence-electron chi connectivity index (χ0n) is 11.6. The summed E-state index contributed by atoms with van der Waals surface area (Å²) in [5.41, 5.74) is -0.0346. The van der Waals surface area contributed by atoms with Gasteiger partial charge in [-0.15, -0.1) is 0 Å². The molecule has 0 aromatic carbocycles. The maximum Gasteiger partial charge on any atom is 0.300 e. The minimum Gasteiger partial charge on any atom is -0.373 e. The number of pyridine rings is 1. The van der Waals surface area contributed by atoms with Crippen molar-refractivity contribution >= 4 is 17.4 Å². The zero-order valence-corrected chi connectivity index (χ0v) is 11.6. The van der Waals surface area contributed by atoms with E-state index in [1.165, 1.54) is 6.07 Å². The molecule has 0 aliphatic heterocycles. The fraction of sp³-hybridized carbons (Fsp3) is 0.538. The molecule has 7 heteroatoms. The summed E-state index contributed by atoms with van der Waals surface area (Å²) in [6.45, 7) is 2.66. The Kier molecular flexibility index (Phi) is 3.87. The highest BCUT2D eigenvalue weighted by molar-refractivity contribution is 5.98. The van der Waals surface area contributed by atoms with Gasteiger partial charge in [0, 0.05) is 19.7 Å². The molecule has 1 aliphatic carbocycles. The topological polar surface area (TPSA) is 97.2 Å². The summed E-state index contributed by atoms with van der Waals surface area (Å²) in [7, 11) is 1.64. The number of carbonyl (C=O) groups is 1. The molecule has 1 aromatic rings. The number of hydrogen-bond donors (Lipinski definition) is 2. The zero-order chi connectivity index (χ0) is 14.8. The molecule has 1 aliphatic rings. The van der Waals surface area contributed by atoms with Crippen molar-refractivity contribution in [1.82, 2.24) is 10.3 Å². The molecule has 0 spiro atoms. The largest absolute Gasteiger partial charge is 0.373 e. The fourth-order valence-corrected chi connectivity index (χ4v) is 2.11. The van der Waals surface area contributed by atoms with E-state index in [1.54, 1.807) is 7.05 Å². The number of nitro groups is 1. The van der Waals surface area contributed by atoms with E-state index in [0.717, 1.165) is 25.5 Å². The third-order valence-electron chi connectivity index (χ3n) is 3.91. The normalized spacial score (nSPS) is 15.5. The number of rotatable bonds is 6. The summed E-state index contributed by atoms with van der Waals surface area (Å²) >= 11 is 0. The summed E-state index contributed by atoms with van der Waals surface area (Å²) in [5.74, 6) is 0.00713. The van der Waals surface area contributed by atoms with Crippen LogP contribution in [0.2, 0.25) is 0 Å². The van der Waals surface area contributed by atoms with Crippen LogP contribution in [0.3, 0.4) is 0 Å². The van der Waals surface area contributed by atoms with Gasteiger partial charge in [-0.3, -0.25) is 14.9 Å². The SMILES string of the molecule is CCC1(CNC(=O)c2cc(NC)ncc2[N+](=O)[O-])CC1. The van der Waals surface area contributed by atoms with Crippen LogP contribution in [0.15, 0.2) is 12.3 Å². The van der Waals surface area contributed by atoms with Crippen molar-refractivity contribution in [2.75, 3.05) is 18.9 Å². The van der Waals surface area contributed by atoms with Crippen LogP contribution in [0.5, 0.6) is 0 Å². The number of nitrogens with one attached hydrogen (secondary N) is 2. The second-order valence-electron chi connectivity index (χ2n) is 5.13. The molecule has 1 fully saturated rings. The Bertz CT molecular complexity index is 540. The third kappa shape index (κ3) is 2.87. The summed E-state index contributed by atoms with van der Waals surface area (Å²) in [4.78, 5) is 26.4. The number of nitrogens with zero attached hydrogens (tertiary/aromatic N) is 2. The predicted octanol–water partition coefficient (Wildman–Crippen LogP) is 1.95. The Hall–Kier alpha value is -2.18. The van der Waals surface area contributed by atoms with Gasteiger partial charge >= 0.3 is 0 Å². The standard InChI is InChI=1S/C13H18N4O3/c1-3-13(4-5-13)8-16-12(18)9-6-11(14-2)15-7-10(9)17(19)20/h6-7H,3-5,8H2,1-2H3,(H,14,15)(H,16,18). The van der Waals surface area contributed by atoms with E-state index in [4.69, 9.17) is 0 Å². The molecular formula is C13H18N4O3. The van der Waals surface area contributed by atoms with Gasteiger partial charge < -0.3 is 10.6 Å². The van der Waals surface area contributed by atoms with E-state index >= 15 is 0 Å². The van der Waals surface area contributed by atoms with Crippen LogP contribution >= 0.6 is 0 Å². The molecule has 7 nitrogen and oxygen atoms in total. The lowest BCUT2D eigenvalue weighted by atomic mass is 10.0. The van der Waals surface area contributed by atoms with E-state index in [2.05, 4.69) is 22.5 Å². The average molecular weight is 278 g/mol. The lowest BCUT2D eigenvalue weighted by molar-refractivity contribution is -0.385. The van der Waals surface area contributed by atoms with Crippen LogP contribution in [-0.2, 0) is 0 Å². The van der Waals surface area contributed by atoms with Gasteiger partial charge in [0.1, 0.15) is 17.6 Å². The van der Waals surface area contributed by atoms with Crippen molar-refractivity contribution in [3.63, 3.8) is 0 Å². The summed E-state index contributed by atoms with van der Waals surface area (Å²) in [5, 5.41) is 16.5. The molecule has 108 valence electrons. The fourth-order valence-electron chi connectivity index (χ4n) is 2.11. The molecule has 0 atom stereocenters. The molecule has 1 saturated carbocycles. The van der Waals surface area contributed by atoms with Crippen LogP contribution in [0.1, 0.15) is 36.5 Å². The minimum atomic E-state index is -0.589. The van der Waals surface area contributed by atoms with Gasteiger partial charge in [0.2, 0.25) is 0 Å². The summed E-state index contributed by atoms with van der Waals surface area (Å²) in [6.07, 6.45) is 4.31. The van der Waals surface area contributed by atoms with Gasteiger partial charge in [-0.2, -0.15) is 0 Å². The summed E-state index contributed by atoms with van der Waals surface area (Å²) < 4.78 is 0. The van der Waals surface area contributed by atoms with Crippen molar-refractivity contribution < 1.29 is 9.72 Å². The molecule has 0 radical (unpaired) electrons. The van der Waals surface area contributed by atoms with Crippen molar-refractivity contribution in [3.05, 3.63) is 27.9 Å². The number of aromatic nitrogens is 1. The quantitative estimate of drug-likeness (QED) is 0.612. The number of anilines is 1. The van der Waals surface area contributed by atoms with Crippen LogP contribution in [0.25, 0.3) is 0 Å². The van der Waals surface area contributed by atoms with Crippen LogP contribution < -0.4 is 10.6 Å². The van der Waals surface area contributed by atoms with E-state index < -0.39 is 10.8 Å². The lowest BCUT2D eigenvalue weighted by Crippen LogP contribution is -2.30. The van der Waals surface area contributed by atoms with Crippen molar-refractivity contribution in [2.45, 2.75) is 26.2 Å². The van der Waals surface area contributed by atoms with Gasteiger partial charge in [0.15, 0.2) is 0 Å². The van der Waals surface area contributed by atoms with Crippen molar-refractivity contribution in [2.24, 2.45) is 5.41 Å². The molecule has 20 heavy (non-hydrogen) atoms. The first-order chi connectivity index (χ1) is 9.51. The number of amides is 1. The predicted molar refractivity (Wildman–Crippen MR) is 74.7 cm³/mol. The molecular weight excluding hydrogens is 260 g/mol. The maximum absolute atomic E-state index is 12.2. The molecule has 1 heterocycles. The van der Waals surface area contributed by atoms with Gasteiger partial charge in [0.25, 0.3) is 11.6 Å². The maximum atomic E-state index is 12.2. The Morgan fingerprint density at radius 1 is 1.55 bits per heavy atom. The highest BCUT2D eigenvalue weighted by Crippen LogP contribution is 2.47. The highest BCUT2D eigenvalue weighted by atomic mass is 16.6. The van der Waals surface area contributed by atoms with E-state index in [1.807, 2.05) is 0 Å². The molecule has 2 N–H and O–H groups in total. The molecule has 0 saturated heterocycles. The van der Waals surface area contributed by atoms with Gasteiger partial charge in [-0.25, -0.2) is 4.98 Å². The summed E-state index contributed by atoms with van der Waals surface area (Å²) in [6, 6.07) is 1.40. The molecule has 2 rings (SSSR count). The van der Waals surface area contributed by atoms with E-state index in [0.29, 0.717) is 12.4 Å². The third-order valence-corrected chi connectivity index (χ3v) is 3.91. The molecule has 1 aromatic heterocycles. The number of hydrogen-bond acceptors (Lipinski definition) is 5.